The SMILES string of the molecule is CCN(CCc1cccc(N)c1)CC1CC1. The summed E-state index contributed by atoms with van der Waals surface area (Å²) in [5, 5.41) is 0. The highest BCUT2D eigenvalue weighted by Crippen LogP contribution is 2.29. The van der Waals surface area contributed by atoms with Crippen LogP contribution < -0.4 is 5.73 Å². The van der Waals surface area contributed by atoms with Gasteiger partial charge in [0, 0.05) is 18.8 Å². The van der Waals surface area contributed by atoms with Crippen LogP contribution in [0.2, 0.25) is 0 Å². The molecule has 88 valence electrons. The van der Waals surface area contributed by atoms with Gasteiger partial charge in [0.2, 0.25) is 0 Å². The van der Waals surface area contributed by atoms with Crippen LogP contribution in [0, 0.1) is 5.92 Å². The Balaban J connectivity index is 1.80. The van der Waals surface area contributed by atoms with E-state index in [1.165, 1.54) is 31.5 Å². The van der Waals surface area contributed by atoms with Crippen molar-refractivity contribution in [2.24, 2.45) is 5.92 Å². The largest absolute Gasteiger partial charge is 0.399 e. The summed E-state index contributed by atoms with van der Waals surface area (Å²) < 4.78 is 0. The lowest BCUT2D eigenvalue weighted by Gasteiger charge is -2.20. The Labute approximate surface area is 98.4 Å². The molecule has 0 aromatic heterocycles. The van der Waals surface area contributed by atoms with Crippen LogP contribution in [0.1, 0.15) is 25.3 Å². The minimum atomic E-state index is 0.878. The van der Waals surface area contributed by atoms with Crippen molar-refractivity contribution in [1.29, 1.82) is 0 Å². The van der Waals surface area contributed by atoms with Crippen LogP contribution in [-0.2, 0) is 6.42 Å². The molecular formula is C14H22N2. The zero-order chi connectivity index (χ0) is 11.4. The van der Waals surface area contributed by atoms with Gasteiger partial charge in [0.25, 0.3) is 0 Å². The van der Waals surface area contributed by atoms with E-state index in [0.29, 0.717) is 0 Å². The van der Waals surface area contributed by atoms with E-state index in [1.54, 1.807) is 0 Å². The zero-order valence-electron chi connectivity index (χ0n) is 10.2. The number of rotatable bonds is 6. The Bertz CT molecular complexity index is 331. The maximum absolute atomic E-state index is 5.77. The molecule has 1 fully saturated rings. The number of hydrogen-bond donors (Lipinski definition) is 1. The summed E-state index contributed by atoms with van der Waals surface area (Å²) in [6.07, 6.45) is 4.00. The first-order valence-electron chi connectivity index (χ1n) is 6.34. The number of likely N-dealkylation sites (N-methyl/N-ethyl adjacent to an activating group) is 1. The van der Waals surface area contributed by atoms with Gasteiger partial charge in [0.1, 0.15) is 0 Å². The number of nitrogen functional groups attached to an aromatic ring is 1. The zero-order valence-corrected chi connectivity index (χ0v) is 10.2. The van der Waals surface area contributed by atoms with Crippen LogP contribution in [0.25, 0.3) is 0 Å². The average Bonchev–Trinajstić information content (AvgIpc) is 3.08. The quantitative estimate of drug-likeness (QED) is 0.743. The molecule has 1 aliphatic rings. The molecule has 2 rings (SSSR count). The summed E-state index contributed by atoms with van der Waals surface area (Å²) in [5.41, 5.74) is 8.01. The molecular weight excluding hydrogens is 196 g/mol. The molecule has 0 atom stereocenters. The lowest BCUT2D eigenvalue weighted by molar-refractivity contribution is 0.280. The molecule has 0 radical (unpaired) electrons. The van der Waals surface area contributed by atoms with Gasteiger partial charge in [0.05, 0.1) is 0 Å². The third kappa shape index (κ3) is 3.53. The summed E-state index contributed by atoms with van der Waals surface area (Å²) in [6, 6.07) is 8.25. The van der Waals surface area contributed by atoms with Crippen LogP contribution >= 0.6 is 0 Å². The van der Waals surface area contributed by atoms with Crippen LogP contribution in [-0.4, -0.2) is 24.5 Å². The van der Waals surface area contributed by atoms with Gasteiger partial charge in [-0.05, 0) is 49.4 Å². The van der Waals surface area contributed by atoms with Gasteiger partial charge in [-0.2, -0.15) is 0 Å². The van der Waals surface area contributed by atoms with Gasteiger partial charge in [-0.25, -0.2) is 0 Å². The van der Waals surface area contributed by atoms with Gasteiger partial charge in [-0.1, -0.05) is 19.1 Å². The van der Waals surface area contributed by atoms with Crippen molar-refractivity contribution in [1.82, 2.24) is 4.90 Å². The molecule has 0 saturated heterocycles. The molecule has 16 heavy (non-hydrogen) atoms. The van der Waals surface area contributed by atoms with Crippen LogP contribution in [0.4, 0.5) is 5.69 Å². The maximum atomic E-state index is 5.77. The van der Waals surface area contributed by atoms with Crippen molar-refractivity contribution in [2.75, 3.05) is 25.4 Å². The molecule has 2 nitrogen and oxygen atoms in total. The van der Waals surface area contributed by atoms with E-state index in [9.17, 15) is 0 Å². The van der Waals surface area contributed by atoms with Gasteiger partial charge in [-0.3, -0.25) is 0 Å². The first-order valence-corrected chi connectivity index (χ1v) is 6.34. The van der Waals surface area contributed by atoms with E-state index in [2.05, 4.69) is 24.0 Å². The van der Waals surface area contributed by atoms with E-state index >= 15 is 0 Å². The highest BCUT2D eigenvalue weighted by Gasteiger charge is 2.23. The van der Waals surface area contributed by atoms with Gasteiger partial charge >= 0.3 is 0 Å². The first kappa shape index (κ1) is 11.5. The molecule has 0 aliphatic heterocycles. The van der Waals surface area contributed by atoms with E-state index < -0.39 is 0 Å². The molecule has 0 amide bonds. The van der Waals surface area contributed by atoms with E-state index in [1.807, 2.05) is 12.1 Å². The van der Waals surface area contributed by atoms with Crippen molar-refractivity contribution < 1.29 is 0 Å². The van der Waals surface area contributed by atoms with Crippen molar-refractivity contribution >= 4 is 5.69 Å². The van der Waals surface area contributed by atoms with Crippen molar-refractivity contribution in [3.8, 4) is 0 Å². The van der Waals surface area contributed by atoms with Gasteiger partial charge in [0.15, 0.2) is 0 Å². The fourth-order valence-electron chi connectivity index (χ4n) is 2.08. The van der Waals surface area contributed by atoms with E-state index in [0.717, 1.165) is 24.6 Å². The second-order valence-electron chi connectivity index (χ2n) is 4.83. The summed E-state index contributed by atoms with van der Waals surface area (Å²) in [6.45, 7) is 5.87. The van der Waals surface area contributed by atoms with Crippen molar-refractivity contribution in [3.05, 3.63) is 29.8 Å². The summed E-state index contributed by atoms with van der Waals surface area (Å²) in [4.78, 5) is 2.56. The molecule has 1 aromatic rings. The Morgan fingerprint density at radius 1 is 1.38 bits per heavy atom. The fourth-order valence-corrected chi connectivity index (χ4v) is 2.08. The lowest BCUT2D eigenvalue weighted by atomic mass is 10.1. The molecule has 1 aromatic carbocycles. The molecule has 1 saturated carbocycles. The Morgan fingerprint density at radius 3 is 2.81 bits per heavy atom. The molecule has 1 aliphatic carbocycles. The predicted octanol–water partition coefficient (Wildman–Crippen LogP) is 2.54. The van der Waals surface area contributed by atoms with Crippen LogP contribution in [0.3, 0.4) is 0 Å². The Morgan fingerprint density at radius 2 is 2.19 bits per heavy atom. The van der Waals surface area contributed by atoms with E-state index in [4.69, 9.17) is 5.73 Å². The smallest absolute Gasteiger partial charge is 0.0316 e. The monoisotopic (exact) mass is 218 g/mol. The normalized spacial score (nSPS) is 15.6. The topological polar surface area (TPSA) is 29.3 Å². The predicted molar refractivity (Wildman–Crippen MR) is 69.4 cm³/mol. The molecule has 2 N–H and O–H groups in total. The molecule has 0 spiro atoms. The number of benzene rings is 1. The Kier molecular flexibility index (Phi) is 3.83. The second kappa shape index (κ2) is 5.35. The van der Waals surface area contributed by atoms with Crippen molar-refractivity contribution in [3.63, 3.8) is 0 Å². The Hall–Kier alpha value is -1.02. The third-order valence-corrected chi connectivity index (χ3v) is 3.33. The lowest BCUT2D eigenvalue weighted by Crippen LogP contribution is -2.28. The number of anilines is 1. The van der Waals surface area contributed by atoms with Crippen LogP contribution in [0.5, 0.6) is 0 Å². The highest BCUT2D eigenvalue weighted by molar-refractivity contribution is 5.40. The molecule has 0 heterocycles. The summed E-state index contributed by atoms with van der Waals surface area (Å²) in [5.74, 6) is 0.987. The minimum Gasteiger partial charge on any atom is -0.399 e. The van der Waals surface area contributed by atoms with Crippen molar-refractivity contribution in [2.45, 2.75) is 26.2 Å². The number of nitrogens with two attached hydrogens (primary N) is 1. The molecule has 0 unspecified atom stereocenters. The van der Waals surface area contributed by atoms with Gasteiger partial charge in [-0.15, -0.1) is 0 Å². The number of hydrogen-bond acceptors (Lipinski definition) is 2. The van der Waals surface area contributed by atoms with E-state index in [-0.39, 0.29) is 0 Å². The second-order valence-corrected chi connectivity index (χ2v) is 4.83. The van der Waals surface area contributed by atoms with Gasteiger partial charge < -0.3 is 10.6 Å². The van der Waals surface area contributed by atoms with Crippen LogP contribution in [0.15, 0.2) is 24.3 Å². The maximum Gasteiger partial charge on any atom is 0.0316 e. The highest BCUT2D eigenvalue weighted by atomic mass is 15.1. The average molecular weight is 218 g/mol. The number of nitrogens with zero attached hydrogens (tertiary/aromatic N) is 1. The molecule has 2 heteroatoms. The third-order valence-electron chi connectivity index (χ3n) is 3.33. The fraction of sp³-hybridized carbons (Fsp3) is 0.571. The molecule has 0 bridgehead atoms. The first-order chi connectivity index (χ1) is 7.78. The minimum absolute atomic E-state index is 0.878. The standard InChI is InChI=1S/C14H22N2/c1-2-16(11-13-6-7-13)9-8-12-4-3-5-14(15)10-12/h3-5,10,13H,2,6-9,11,15H2,1H3. The summed E-state index contributed by atoms with van der Waals surface area (Å²) in [7, 11) is 0. The summed E-state index contributed by atoms with van der Waals surface area (Å²) >= 11 is 0.